The van der Waals surface area contributed by atoms with Gasteiger partial charge in [0.1, 0.15) is 10.2 Å². The molecule has 0 unspecified atom stereocenters. The number of nitrogens with one attached hydrogen (secondary N) is 1. The van der Waals surface area contributed by atoms with Crippen molar-refractivity contribution >= 4 is 27.4 Å². The smallest absolute Gasteiger partial charge is 0.325 e. The maximum Gasteiger partial charge on any atom is 0.325 e. The molecule has 0 aliphatic rings. The van der Waals surface area contributed by atoms with Crippen LogP contribution in [-0.4, -0.2) is 9.91 Å². The van der Waals surface area contributed by atoms with Crippen LogP contribution >= 0.6 is 15.9 Å². The lowest BCUT2D eigenvalue weighted by molar-refractivity contribution is -0.385. The molecule has 0 fully saturated rings. The predicted octanol–water partition coefficient (Wildman–Crippen LogP) is 2.96. The predicted molar refractivity (Wildman–Crippen MR) is 64.6 cm³/mol. The maximum absolute atomic E-state index is 10.9. The summed E-state index contributed by atoms with van der Waals surface area (Å²) in [5.41, 5.74) is -0.0842. The van der Waals surface area contributed by atoms with Gasteiger partial charge in [-0.15, -0.1) is 0 Å². The zero-order valence-electron chi connectivity index (χ0n) is 8.59. The molecule has 0 bridgehead atoms. The van der Waals surface area contributed by atoms with E-state index in [0.29, 0.717) is 16.8 Å². The lowest BCUT2D eigenvalue weighted by Gasteiger charge is -2.05. The number of rotatable bonds is 4. The number of halogens is 1. The molecule has 0 aliphatic heterocycles. The van der Waals surface area contributed by atoms with Crippen LogP contribution in [0.25, 0.3) is 0 Å². The number of nitrogens with zero attached hydrogens (tertiary/aromatic N) is 2. The van der Waals surface area contributed by atoms with E-state index in [2.05, 4.69) is 26.2 Å². The fourth-order valence-corrected chi connectivity index (χ4v) is 1.77. The summed E-state index contributed by atoms with van der Waals surface area (Å²) in [5, 5.41) is 13.7. The molecule has 0 atom stereocenters. The van der Waals surface area contributed by atoms with Crippen molar-refractivity contribution in [2.45, 2.75) is 6.54 Å². The first kappa shape index (κ1) is 11.6. The molecule has 6 nitrogen and oxygen atoms in total. The van der Waals surface area contributed by atoms with Gasteiger partial charge in [-0.05, 0) is 34.1 Å². The Bertz CT molecular complexity index is 528. The zero-order valence-corrected chi connectivity index (χ0v) is 10.2. The number of nitro groups is 1. The van der Waals surface area contributed by atoms with Gasteiger partial charge in [-0.2, -0.15) is 0 Å². The van der Waals surface area contributed by atoms with Crippen molar-refractivity contribution < 1.29 is 9.34 Å². The van der Waals surface area contributed by atoms with Gasteiger partial charge in [-0.1, -0.05) is 0 Å². The van der Waals surface area contributed by atoms with E-state index < -0.39 is 4.92 Å². The Morgan fingerprint density at radius 3 is 3.00 bits per heavy atom. The van der Waals surface area contributed by atoms with Gasteiger partial charge in [-0.3, -0.25) is 10.1 Å². The molecule has 2 heterocycles. The van der Waals surface area contributed by atoms with E-state index in [1.54, 1.807) is 18.4 Å². The van der Waals surface area contributed by atoms with E-state index >= 15 is 0 Å². The lowest BCUT2D eigenvalue weighted by Crippen LogP contribution is -2.04. The van der Waals surface area contributed by atoms with Crippen LogP contribution in [0.15, 0.2) is 39.5 Å². The summed E-state index contributed by atoms with van der Waals surface area (Å²) in [7, 11) is 0. The van der Waals surface area contributed by atoms with Crippen LogP contribution in [-0.2, 0) is 6.54 Å². The summed E-state index contributed by atoms with van der Waals surface area (Å²) in [4.78, 5) is 14.3. The number of furan rings is 1. The molecule has 1 N–H and O–H groups in total. The van der Waals surface area contributed by atoms with Gasteiger partial charge in [0.05, 0.1) is 17.7 Å². The molecule has 2 aromatic rings. The van der Waals surface area contributed by atoms with Gasteiger partial charge in [0.25, 0.3) is 0 Å². The average molecular weight is 298 g/mol. The number of pyridine rings is 1. The Labute approximate surface area is 105 Å². The van der Waals surface area contributed by atoms with Crippen LogP contribution in [0.5, 0.6) is 0 Å². The van der Waals surface area contributed by atoms with Crippen molar-refractivity contribution in [2.75, 3.05) is 5.32 Å². The lowest BCUT2D eigenvalue weighted by atomic mass is 10.3. The van der Waals surface area contributed by atoms with E-state index in [1.807, 2.05) is 0 Å². The second-order valence-corrected chi connectivity index (χ2v) is 4.03. The van der Waals surface area contributed by atoms with Crippen molar-refractivity contribution in [2.24, 2.45) is 0 Å². The Morgan fingerprint density at radius 2 is 2.35 bits per heavy atom. The first-order valence-corrected chi connectivity index (χ1v) is 5.53. The van der Waals surface area contributed by atoms with E-state index in [9.17, 15) is 10.1 Å². The third kappa shape index (κ3) is 2.62. The highest BCUT2D eigenvalue weighted by Gasteiger charge is 2.19. The SMILES string of the molecule is O=[N+]([O-])c1c(Br)ccnc1NCc1ccco1. The van der Waals surface area contributed by atoms with Crippen molar-refractivity contribution in [3.63, 3.8) is 0 Å². The summed E-state index contributed by atoms with van der Waals surface area (Å²) < 4.78 is 5.50. The standard InChI is InChI=1S/C10H8BrN3O3/c11-8-3-4-12-10(9(8)14(15)16)13-6-7-2-1-5-17-7/h1-5H,6H2,(H,12,13). The highest BCUT2D eigenvalue weighted by Crippen LogP contribution is 2.30. The fraction of sp³-hybridized carbons (Fsp3) is 0.100. The van der Waals surface area contributed by atoms with Crippen molar-refractivity contribution in [1.82, 2.24) is 4.98 Å². The summed E-state index contributed by atoms with van der Waals surface area (Å²) in [6.07, 6.45) is 3.03. The molecule has 17 heavy (non-hydrogen) atoms. The summed E-state index contributed by atoms with van der Waals surface area (Å²) in [5.74, 6) is 0.891. The van der Waals surface area contributed by atoms with E-state index in [-0.39, 0.29) is 11.5 Å². The molecule has 0 radical (unpaired) electrons. The molecule has 0 aliphatic carbocycles. The van der Waals surface area contributed by atoms with E-state index in [0.717, 1.165) is 0 Å². The first-order valence-electron chi connectivity index (χ1n) is 4.73. The van der Waals surface area contributed by atoms with Gasteiger partial charge in [0.2, 0.25) is 5.82 Å². The molecule has 88 valence electrons. The van der Waals surface area contributed by atoms with Gasteiger partial charge in [0.15, 0.2) is 0 Å². The number of aromatic nitrogens is 1. The summed E-state index contributed by atoms with van der Waals surface area (Å²) >= 11 is 3.12. The molecule has 0 aromatic carbocycles. The van der Waals surface area contributed by atoms with Crippen LogP contribution in [0, 0.1) is 10.1 Å². The minimum absolute atomic E-state index is 0.0842. The van der Waals surface area contributed by atoms with Crippen molar-refractivity contribution in [1.29, 1.82) is 0 Å². The molecule has 0 saturated heterocycles. The van der Waals surface area contributed by atoms with Gasteiger partial charge < -0.3 is 9.73 Å². The number of hydrogen-bond donors (Lipinski definition) is 1. The van der Waals surface area contributed by atoms with Crippen LogP contribution in [0.4, 0.5) is 11.5 Å². The molecule has 0 amide bonds. The Morgan fingerprint density at radius 1 is 1.53 bits per heavy atom. The average Bonchev–Trinajstić information content (AvgIpc) is 2.78. The molecular formula is C10H8BrN3O3. The third-order valence-corrected chi connectivity index (χ3v) is 2.71. The zero-order chi connectivity index (χ0) is 12.3. The fourth-order valence-electron chi connectivity index (χ4n) is 1.32. The highest BCUT2D eigenvalue weighted by molar-refractivity contribution is 9.10. The molecule has 0 spiro atoms. The number of anilines is 1. The van der Waals surface area contributed by atoms with E-state index in [4.69, 9.17) is 4.42 Å². The van der Waals surface area contributed by atoms with Gasteiger partial charge >= 0.3 is 5.69 Å². The Kier molecular flexibility index (Phi) is 3.38. The normalized spacial score (nSPS) is 10.2. The minimum Gasteiger partial charge on any atom is -0.467 e. The summed E-state index contributed by atoms with van der Waals surface area (Å²) in [6, 6.07) is 5.05. The second kappa shape index (κ2) is 4.96. The van der Waals surface area contributed by atoms with Crippen LogP contribution in [0.2, 0.25) is 0 Å². The molecule has 0 saturated carbocycles. The van der Waals surface area contributed by atoms with Crippen molar-refractivity contribution in [3.8, 4) is 0 Å². The molecule has 2 aromatic heterocycles. The van der Waals surface area contributed by atoms with Crippen LogP contribution < -0.4 is 5.32 Å². The Balaban J connectivity index is 2.21. The van der Waals surface area contributed by atoms with Gasteiger partial charge in [-0.25, -0.2) is 4.98 Å². The molecule has 2 rings (SSSR count). The van der Waals surface area contributed by atoms with Crippen molar-refractivity contribution in [3.05, 3.63) is 51.0 Å². The quantitative estimate of drug-likeness (QED) is 0.693. The molecule has 7 heteroatoms. The first-order chi connectivity index (χ1) is 8.18. The molecular weight excluding hydrogens is 290 g/mol. The monoisotopic (exact) mass is 297 g/mol. The highest BCUT2D eigenvalue weighted by atomic mass is 79.9. The minimum atomic E-state index is -0.485. The second-order valence-electron chi connectivity index (χ2n) is 3.18. The maximum atomic E-state index is 10.9. The third-order valence-electron chi connectivity index (χ3n) is 2.07. The van der Waals surface area contributed by atoms with Crippen LogP contribution in [0.1, 0.15) is 5.76 Å². The van der Waals surface area contributed by atoms with Crippen LogP contribution in [0.3, 0.4) is 0 Å². The summed E-state index contributed by atoms with van der Waals surface area (Å²) in [6.45, 7) is 0.345. The van der Waals surface area contributed by atoms with Gasteiger partial charge in [0, 0.05) is 6.20 Å². The topological polar surface area (TPSA) is 81.2 Å². The Hall–Kier alpha value is -1.89. The number of hydrogen-bond acceptors (Lipinski definition) is 5. The van der Waals surface area contributed by atoms with E-state index in [1.165, 1.54) is 12.3 Å². The largest absolute Gasteiger partial charge is 0.467 e.